The number of hydrogen-bond acceptors (Lipinski definition) is 8. The molecule has 0 atom stereocenters. The van der Waals surface area contributed by atoms with Crippen molar-refractivity contribution in [2.75, 3.05) is 26.4 Å². The van der Waals surface area contributed by atoms with Gasteiger partial charge in [-0.1, -0.05) is 89.4 Å². The third-order valence-corrected chi connectivity index (χ3v) is 5.82. The molecule has 0 unspecified atom stereocenters. The average Bonchev–Trinajstić information content (AvgIpc) is 2.95. The second-order valence-electron chi connectivity index (χ2n) is 11.7. The standard InChI is InChI=1S/C34H40O8/c1-23(2)29(35)39-19-33(5,6)21-41-31(37)27-17-16-26(15-14-25-12-10-9-11-13-25)18-28(27)32(38)42-22-34(7,8)20-40-30(36)24(3)4/h9-18H,1,3,19-22H2,2,4-8H3/b15-14+. The molecular weight excluding hydrogens is 536 g/mol. The minimum absolute atomic E-state index is 0.00571. The summed E-state index contributed by atoms with van der Waals surface area (Å²) in [6.07, 6.45) is 3.71. The third-order valence-electron chi connectivity index (χ3n) is 5.82. The monoisotopic (exact) mass is 576 g/mol. The number of carbonyl (C=O) groups is 4. The van der Waals surface area contributed by atoms with E-state index in [2.05, 4.69) is 13.2 Å². The predicted molar refractivity (Wildman–Crippen MR) is 161 cm³/mol. The van der Waals surface area contributed by atoms with Crippen LogP contribution in [0.5, 0.6) is 0 Å². The van der Waals surface area contributed by atoms with E-state index >= 15 is 0 Å². The van der Waals surface area contributed by atoms with E-state index in [1.165, 1.54) is 6.07 Å². The fraction of sp³-hybridized carbons (Fsp3) is 0.353. The smallest absolute Gasteiger partial charge is 0.339 e. The largest absolute Gasteiger partial charge is 0.462 e. The minimum atomic E-state index is -0.731. The van der Waals surface area contributed by atoms with Crippen molar-refractivity contribution in [3.8, 4) is 0 Å². The molecular formula is C34H40O8. The van der Waals surface area contributed by atoms with Crippen LogP contribution < -0.4 is 0 Å². The van der Waals surface area contributed by atoms with Gasteiger partial charge >= 0.3 is 23.9 Å². The van der Waals surface area contributed by atoms with E-state index < -0.39 is 34.7 Å². The lowest BCUT2D eigenvalue weighted by Crippen LogP contribution is -2.30. The van der Waals surface area contributed by atoms with Gasteiger partial charge in [-0.2, -0.15) is 0 Å². The van der Waals surface area contributed by atoms with Gasteiger partial charge in [0.25, 0.3) is 0 Å². The third kappa shape index (κ3) is 11.2. The molecule has 0 N–H and O–H groups in total. The molecule has 2 rings (SSSR count). The molecule has 0 aliphatic rings. The van der Waals surface area contributed by atoms with Crippen LogP contribution in [0, 0.1) is 10.8 Å². The summed E-state index contributed by atoms with van der Waals surface area (Å²) in [6, 6.07) is 14.4. The molecule has 0 bridgehead atoms. The van der Waals surface area contributed by atoms with Gasteiger partial charge < -0.3 is 18.9 Å². The Morgan fingerprint density at radius 1 is 0.619 bits per heavy atom. The highest BCUT2D eigenvalue weighted by Crippen LogP contribution is 2.23. The molecule has 0 aromatic heterocycles. The topological polar surface area (TPSA) is 105 Å². The highest BCUT2D eigenvalue weighted by molar-refractivity contribution is 6.03. The lowest BCUT2D eigenvalue weighted by atomic mass is 9.96. The lowest BCUT2D eigenvalue weighted by molar-refractivity contribution is -0.143. The predicted octanol–water partition coefficient (Wildman–Crippen LogP) is 6.46. The molecule has 2 aromatic rings. The number of ether oxygens (including phenoxy) is 4. The average molecular weight is 577 g/mol. The Hall–Kier alpha value is -4.46. The highest BCUT2D eigenvalue weighted by atomic mass is 16.6. The van der Waals surface area contributed by atoms with Crippen molar-refractivity contribution in [1.82, 2.24) is 0 Å². The van der Waals surface area contributed by atoms with Crippen LogP contribution in [0.4, 0.5) is 0 Å². The van der Waals surface area contributed by atoms with Crippen LogP contribution in [0.3, 0.4) is 0 Å². The van der Waals surface area contributed by atoms with E-state index in [1.807, 2.05) is 42.5 Å². The van der Waals surface area contributed by atoms with Crippen LogP contribution in [0.2, 0.25) is 0 Å². The van der Waals surface area contributed by atoms with Crippen LogP contribution in [0.15, 0.2) is 72.8 Å². The van der Waals surface area contributed by atoms with E-state index in [0.717, 1.165) is 5.56 Å². The first-order chi connectivity index (χ1) is 19.6. The Balaban J connectivity index is 2.24. The summed E-state index contributed by atoms with van der Waals surface area (Å²) in [6.45, 7) is 17.2. The molecule has 0 heterocycles. The summed E-state index contributed by atoms with van der Waals surface area (Å²) < 4.78 is 21.5. The molecule has 224 valence electrons. The summed E-state index contributed by atoms with van der Waals surface area (Å²) >= 11 is 0. The van der Waals surface area contributed by atoms with Gasteiger partial charge in [0.15, 0.2) is 0 Å². The molecule has 0 radical (unpaired) electrons. The van der Waals surface area contributed by atoms with Crippen molar-refractivity contribution in [2.24, 2.45) is 10.8 Å². The molecule has 0 saturated carbocycles. The Bertz CT molecular complexity index is 1350. The fourth-order valence-corrected chi connectivity index (χ4v) is 3.30. The first-order valence-corrected chi connectivity index (χ1v) is 13.5. The second-order valence-corrected chi connectivity index (χ2v) is 11.7. The van der Waals surface area contributed by atoms with Gasteiger partial charge in [0.2, 0.25) is 0 Å². The zero-order chi connectivity index (χ0) is 31.5. The van der Waals surface area contributed by atoms with Gasteiger partial charge in [-0.05, 0) is 37.1 Å². The fourth-order valence-electron chi connectivity index (χ4n) is 3.30. The molecule has 8 nitrogen and oxygen atoms in total. The van der Waals surface area contributed by atoms with E-state index in [1.54, 1.807) is 53.7 Å². The minimum Gasteiger partial charge on any atom is -0.462 e. The van der Waals surface area contributed by atoms with Gasteiger partial charge in [-0.3, -0.25) is 0 Å². The SMILES string of the molecule is C=C(C)C(=O)OCC(C)(C)COC(=O)c1ccc(/C=C/c2ccccc2)cc1C(=O)OCC(C)(C)COC(=O)C(=C)C. The Labute approximate surface area is 248 Å². The summed E-state index contributed by atoms with van der Waals surface area (Å²) in [4.78, 5) is 50.0. The molecule has 2 aromatic carbocycles. The van der Waals surface area contributed by atoms with Crippen LogP contribution in [-0.2, 0) is 28.5 Å². The van der Waals surface area contributed by atoms with Gasteiger partial charge in [-0.25, -0.2) is 19.2 Å². The van der Waals surface area contributed by atoms with Gasteiger partial charge in [0, 0.05) is 22.0 Å². The Morgan fingerprint density at radius 2 is 1.05 bits per heavy atom. The van der Waals surface area contributed by atoms with Crippen LogP contribution in [-0.4, -0.2) is 50.3 Å². The van der Waals surface area contributed by atoms with Crippen molar-refractivity contribution >= 4 is 36.0 Å². The van der Waals surface area contributed by atoms with Crippen LogP contribution in [0.25, 0.3) is 12.2 Å². The number of rotatable bonds is 14. The molecule has 8 heteroatoms. The Kier molecular flexibility index (Phi) is 12.0. The van der Waals surface area contributed by atoms with Crippen molar-refractivity contribution in [3.05, 3.63) is 95.1 Å². The lowest BCUT2D eigenvalue weighted by Gasteiger charge is -2.24. The molecule has 0 amide bonds. The second kappa shape index (κ2) is 15.0. The van der Waals surface area contributed by atoms with Gasteiger partial charge in [0.1, 0.15) is 0 Å². The normalized spacial score (nSPS) is 11.5. The Morgan fingerprint density at radius 3 is 1.52 bits per heavy atom. The number of benzene rings is 2. The van der Waals surface area contributed by atoms with E-state index in [4.69, 9.17) is 18.9 Å². The van der Waals surface area contributed by atoms with Crippen molar-refractivity contribution in [1.29, 1.82) is 0 Å². The molecule has 0 aliphatic heterocycles. The van der Waals surface area contributed by atoms with Crippen LogP contribution in [0.1, 0.15) is 73.4 Å². The first kappa shape index (κ1) is 33.7. The van der Waals surface area contributed by atoms with Crippen molar-refractivity contribution < 1.29 is 38.1 Å². The van der Waals surface area contributed by atoms with Crippen LogP contribution >= 0.6 is 0 Å². The quantitative estimate of drug-likeness (QED) is 0.109. The molecule has 0 saturated heterocycles. The summed E-state index contributed by atoms with van der Waals surface area (Å²) in [5.74, 6) is -2.52. The zero-order valence-electron chi connectivity index (χ0n) is 25.3. The number of hydrogen-bond donors (Lipinski definition) is 0. The number of esters is 4. The highest BCUT2D eigenvalue weighted by Gasteiger charge is 2.28. The van der Waals surface area contributed by atoms with Gasteiger partial charge in [-0.15, -0.1) is 0 Å². The van der Waals surface area contributed by atoms with Crippen molar-refractivity contribution in [3.63, 3.8) is 0 Å². The summed E-state index contributed by atoms with van der Waals surface area (Å²) in [7, 11) is 0. The molecule has 0 fully saturated rings. The van der Waals surface area contributed by atoms with E-state index in [-0.39, 0.29) is 48.7 Å². The van der Waals surface area contributed by atoms with Gasteiger partial charge in [0.05, 0.1) is 37.6 Å². The van der Waals surface area contributed by atoms with Crippen molar-refractivity contribution in [2.45, 2.75) is 41.5 Å². The maximum absolute atomic E-state index is 13.3. The first-order valence-electron chi connectivity index (χ1n) is 13.5. The maximum Gasteiger partial charge on any atom is 0.339 e. The summed E-state index contributed by atoms with van der Waals surface area (Å²) in [5, 5.41) is 0. The van der Waals surface area contributed by atoms with E-state index in [9.17, 15) is 19.2 Å². The summed E-state index contributed by atoms with van der Waals surface area (Å²) in [5.41, 5.74) is 0.833. The molecule has 42 heavy (non-hydrogen) atoms. The van der Waals surface area contributed by atoms with E-state index in [0.29, 0.717) is 5.56 Å². The zero-order valence-corrected chi connectivity index (χ0v) is 25.3. The molecule has 0 aliphatic carbocycles. The number of carbonyl (C=O) groups excluding carboxylic acids is 4. The molecule has 0 spiro atoms. The maximum atomic E-state index is 13.3.